The summed E-state index contributed by atoms with van der Waals surface area (Å²) in [6.45, 7) is 34.2. The highest BCUT2D eigenvalue weighted by atomic mass is 19.1. The van der Waals surface area contributed by atoms with Crippen LogP contribution >= 0.6 is 0 Å². The van der Waals surface area contributed by atoms with Crippen LogP contribution in [0.4, 0.5) is 4.39 Å². The number of hydrogen-bond acceptors (Lipinski definition) is 5. The van der Waals surface area contributed by atoms with Gasteiger partial charge in [-0.3, -0.25) is 5.43 Å². The Bertz CT molecular complexity index is 919. The van der Waals surface area contributed by atoms with Gasteiger partial charge in [-0.1, -0.05) is 96.7 Å². The van der Waals surface area contributed by atoms with E-state index in [1.165, 1.54) is 29.0 Å². The van der Waals surface area contributed by atoms with Gasteiger partial charge >= 0.3 is 0 Å². The van der Waals surface area contributed by atoms with E-state index >= 15 is 0 Å². The summed E-state index contributed by atoms with van der Waals surface area (Å²) in [5.74, 6) is -0.209. The van der Waals surface area contributed by atoms with Gasteiger partial charge in [0.05, 0.1) is 25.8 Å². The molecule has 0 amide bonds. The predicted molar refractivity (Wildman–Crippen MR) is 181 cm³/mol. The molecule has 1 saturated heterocycles. The van der Waals surface area contributed by atoms with Gasteiger partial charge in [0.25, 0.3) is 0 Å². The van der Waals surface area contributed by atoms with Crippen LogP contribution in [0.2, 0.25) is 0 Å². The molecule has 5 nitrogen and oxygen atoms in total. The Hall–Kier alpha value is -2.93. The Labute approximate surface area is 252 Å². The summed E-state index contributed by atoms with van der Waals surface area (Å²) in [7, 11) is 2.04. The summed E-state index contributed by atoms with van der Waals surface area (Å²) in [5, 5.41) is 2.09. The zero-order valence-electron chi connectivity index (χ0n) is 27.3. The highest BCUT2D eigenvalue weighted by Gasteiger charge is 2.28. The van der Waals surface area contributed by atoms with Crippen molar-refractivity contribution >= 4 is 0 Å². The lowest BCUT2D eigenvalue weighted by Crippen LogP contribution is -2.56. The molecule has 1 atom stereocenters. The number of likely N-dealkylation sites (N-methyl/N-ethyl adjacent to an activating group) is 1. The first-order chi connectivity index (χ1) is 19.7. The first-order valence-electron chi connectivity index (χ1n) is 15.0. The molecule has 0 aliphatic carbocycles. The highest BCUT2D eigenvalue weighted by molar-refractivity contribution is 5.20. The number of hydrazine groups is 1. The van der Waals surface area contributed by atoms with Crippen LogP contribution < -0.4 is 11.2 Å². The fraction of sp³-hybridized carbons (Fsp3) is 0.486. The molecular formula is C35H60FN5. The topological polar surface area (TPSA) is 47.8 Å². The Morgan fingerprint density at radius 3 is 2.20 bits per heavy atom. The van der Waals surface area contributed by atoms with Crippen molar-refractivity contribution < 1.29 is 4.39 Å². The van der Waals surface area contributed by atoms with Crippen LogP contribution in [-0.2, 0) is 6.54 Å². The molecule has 6 heteroatoms. The van der Waals surface area contributed by atoms with Crippen molar-refractivity contribution in [3.05, 3.63) is 109 Å². The van der Waals surface area contributed by atoms with Crippen LogP contribution in [0, 0.1) is 5.82 Å². The van der Waals surface area contributed by atoms with Gasteiger partial charge in [-0.15, -0.1) is 13.2 Å². The number of nitrogens with one attached hydrogen (secondary N) is 1. The Balaban J connectivity index is 0. The third-order valence-electron chi connectivity index (χ3n) is 6.42. The van der Waals surface area contributed by atoms with Gasteiger partial charge in [0, 0.05) is 31.5 Å². The van der Waals surface area contributed by atoms with E-state index in [1.807, 2.05) is 45.2 Å². The van der Waals surface area contributed by atoms with Gasteiger partial charge in [-0.05, 0) is 49.5 Å². The van der Waals surface area contributed by atoms with E-state index in [-0.39, 0.29) is 12.0 Å². The van der Waals surface area contributed by atoms with Crippen LogP contribution in [0.15, 0.2) is 97.9 Å². The van der Waals surface area contributed by atoms with Gasteiger partial charge in [0.15, 0.2) is 0 Å². The molecule has 1 unspecified atom stereocenters. The minimum Gasteiger partial charge on any atom is -0.370 e. The summed E-state index contributed by atoms with van der Waals surface area (Å²) in [6, 6.07) is 6.60. The zero-order chi connectivity index (χ0) is 31.8. The summed E-state index contributed by atoms with van der Waals surface area (Å²) in [6.07, 6.45) is 9.84. The molecular weight excluding hydrogens is 509 g/mol. The van der Waals surface area contributed by atoms with Crippen molar-refractivity contribution in [2.75, 3.05) is 33.2 Å². The second kappa shape index (κ2) is 24.8. The Morgan fingerprint density at radius 2 is 1.73 bits per heavy atom. The van der Waals surface area contributed by atoms with Gasteiger partial charge in [-0.25, -0.2) is 9.40 Å². The van der Waals surface area contributed by atoms with Gasteiger partial charge in [-0.2, -0.15) is 0 Å². The molecule has 0 bridgehead atoms. The van der Waals surface area contributed by atoms with Gasteiger partial charge in [0.2, 0.25) is 0 Å². The number of rotatable bonds is 13. The minimum absolute atomic E-state index is 0.0423. The standard InChI is InChI=1S/C23H38FN5.C8H12.C2H6.C2H4/c1-6-8-18(3)22(29-15-19(4)28(13-7-2)17-23(29)25)16-27(5)26-14-20-9-11-21(24)12-10-20;1-4-7-8(5-2)6-3;2*1-2/h9-12,23,26H,4,6-8,13-17,25H2,1-3,5H3;4-5,7H,1-2,6H2,3H3;1-2H3;1-2H2/b22-18+;8-7+;;. The number of nitrogens with two attached hydrogens (primary N) is 1. The molecule has 0 aromatic heterocycles. The van der Waals surface area contributed by atoms with E-state index in [9.17, 15) is 4.39 Å². The van der Waals surface area contributed by atoms with E-state index < -0.39 is 0 Å². The van der Waals surface area contributed by atoms with Crippen LogP contribution in [0.1, 0.15) is 72.8 Å². The molecule has 1 aromatic rings. The molecule has 2 rings (SSSR count). The second-order valence-corrected chi connectivity index (χ2v) is 9.54. The minimum atomic E-state index is -0.209. The van der Waals surface area contributed by atoms with Crippen LogP contribution in [-0.4, -0.2) is 54.2 Å². The molecule has 1 aliphatic rings. The molecule has 0 radical (unpaired) electrons. The lowest BCUT2D eigenvalue weighted by molar-refractivity contribution is 0.126. The Morgan fingerprint density at radius 1 is 1.12 bits per heavy atom. The molecule has 0 spiro atoms. The predicted octanol–water partition coefficient (Wildman–Crippen LogP) is 8.19. The quantitative estimate of drug-likeness (QED) is 0.142. The molecule has 41 heavy (non-hydrogen) atoms. The van der Waals surface area contributed by atoms with E-state index in [0.29, 0.717) is 6.54 Å². The fourth-order valence-electron chi connectivity index (χ4n) is 4.26. The largest absolute Gasteiger partial charge is 0.370 e. The van der Waals surface area contributed by atoms with Crippen LogP contribution in [0.5, 0.6) is 0 Å². The summed E-state index contributed by atoms with van der Waals surface area (Å²) >= 11 is 0. The van der Waals surface area contributed by atoms with Crippen molar-refractivity contribution in [3.8, 4) is 0 Å². The number of halogens is 1. The van der Waals surface area contributed by atoms with Crippen molar-refractivity contribution in [3.63, 3.8) is 0 Å². The van der Waals surface area contributed by atoms with Crippen molar-refractivity contribution in [2.45, 2.75) is 79.9 Å². The highest BCUT2D eigenvalue weighted by Crippen LogP contribution is 2.24. The number of hydrogen-bond donors (Lipinski definition) is 2. The maximum atomic E-state index is 13.1. The van der Waals surface area contributed by atoms with Gasteiger partial charge < -0.3 is 15.5 Å². The lowest BCUT2D eigenvalue weighted by atomic mass is 10.1. The van der Waals surface area contributed by atoms with Crippen molar-refractivity contribution in [1.82, 2.24) is 20.2 Å². The normalized spacial score (nSPS) is 15.4. The average Bonchev–Trinajstić information content (AvgIpc) is 2.99. The average molecular weight is 570 g/mol. The number of benzene rings is 1. The van der Waals surface area contributed by atoms with Crippen LogP contribution in [0.3, 0.4) is 0 Å². The first-order valence-corrected chi connectivity index (χ1v) is 15.0. The van der Waals surface area contributed by atoms with Crippen LogP contribution in [0.25, 0.3) is 0 Å². The Kier molecular flexibility index (Phi) is 24.4. The molecule has 1 aliphatic heterocycles. The fourth-order valence-corrected chi connectivity index (χ4v) is 4.26. The number of allylic oxidation sites excluding steroid dienone is 5. The molecule has 1 heterocycles. The number of piperazine rings is 1. The first kappa shape index (κ1) is 40.2. The summed E-state index contributed by atoms with van der Waals surface area (Å²) in [4.78, 5) is 4.62. The molecule has 3 N–H and O–H groups in total. The monoisotopic (exact) mass is 569 g/mol. The molecule has 1 aromatic carbocycles. The molecule has 232 valence electrons. The third-order valence-corrected chi connectivity index (χ3v) is 6.42. The summed E-state index contributed by atoms with van der Waals surface area (Å²) in [5.41, 5.74) is 16.1. The SMILES string of the molecule is C=C.C=C/C=C(\C=C)CC.C=C1CN(/C(CN(C)NCc2ccc(F)cc2)=C(\C)CCC)C(N)CN1CCC.CC. The third kappa shape index (κ3) is 16.2. The van der Waals surface area contributed by atoms with E-state index in [1.54, 1.807) is 6.08 Å². The molecule has 1 fully saturated rings. The maximum absolute atomic E-state index is 13.1. The maximum Gasteiger partial charge on any atom is 0.123 e. The summed E-state index contributed by atoms with van der Waals surface area (Å²) < 4.78 is 13.1. The van der Waals surface area contributed by atoms with E-state index in [2.05, 4.69) is 80.8 Å². The lowest BCUT2D eigenvalue weighted by Gasteiger charge is -2.45. The second-order valence-electron chi connectivity index (χ2n) is 9.54. The van der Waals surface area contributed by atoms with Crippen molar-refractivity contribution in [1.29, 1.82) is 0 Å². The van der Waals surface area contributed by atoms with E-state index in [4.69, 9.17) is 5.73 Å². The van der Waals surface area contributed by atoms with E-state index in [0.717, 1.165) is 63.1 Å². The van der Waals surface area contributed by atoms with Crippen molar-refractivity contribution in [2.24, 2.45) is 5.73 Å². The smallest absolute Gasteiger partial charge is 0.123 e. The number of nitrogens with zero attached hydrogens (tertiary/aromatic N) is 3. The zero-order valence-corrected chi connectivity index (χ0v) is 27.3. The van der Waals surface area contributed by atoms with Gasteiger partial charge in [0.1, 0.15) is 5.82 Å². The molecule has 0 saturated carbocycles.